The molecule has 0 aliphatic carbocycles. The lowest BCUT2D eigenvalue weighted by atomic mass is 10.0. The standard InChI is InChI=1S/C8H15O6P/c1-6(10)2-3-8(11)7(4-9)5-14-15(12)13/h7,9,12-13H,2-5H2,1H3. The minimum atomic E-state index is -2.52. The average molecular weight is 238 g/mol. The second-order valence-electron chi connectivity index (χ2n) is 3.10. The number of hydrogen-bond donors (Lipinski definition) is 3. The molecule has 0 fully saturated rings. The fourth-order valence-corrected chi connectivity index (χ4v) is 1.22. The molecule has 0 saturated heterocycles. The highest BCUT2D eigenvalue weighted by Crippen LogP contribution is 2.25. The maximum atomic E-state index is 11.3. The van der Waals surface area contributed by atoms with Gasteiger partial charge in [-0.2, -0.15) is 0 Å². The van der Waals surface area contributed by atoms with E-state index in [0.717, 1.165) is 0 Å². The van der Waals surface area contributed by atoms with Gasteiger partial charge in [-0.15, -0.1) is 0 Å². The van der Waals surface area contributed by atoms with Crippen molar-refractivity contribution in [3.63, 3.8) is 0 Å². The predicted octanol–water partition coefficient (Wildman–Crippen LogP) is -0.239. The van der Waals surface area contributed by atoms with Crippen LogP contribution in [0.4, 0.5) is 0 Å². The lowest BCUT2D eigenvalue weighted by Gasteiger charge is -2.12. The summed E-state index contributed by atoms with van der Waals surface area (Å²) in [7, 11) is -2.52. The van der Waals surface area contributed by atoms with E-state index < -0.39 is 21.1 Å². The molecule has 0 amide bonds. The van der Waals surface area contributed by atoms with Gasteiger partial charge in [-0.25, -0.2) is 0 Å². The van der Waals surface area contributed by atoms with E-state index in [2.05, 4.69) is 4.52 Å². The zero-order valence-electron chi connectivity index (χ0n) is 8.42. The Morgan fingerprint density at radius 2 is 1.93 bits per heavy atom. The van der Waals surface area contributed by atoms with Gasteiger partial charge in [-0.1, -0.05) is 0 Å². The number of carbonyl (C=O) groups excluding carboxylic acids is 2. The zero-order chi connectivity index (χ0) is 11.8. The van der Waals surface area contributed by atoms with E-state index in [0.29, 0.717) is 0 Å². The van der Waals surface area contributed by atoms with Crippen molar-refractivity contribution >= 4 is 20.2 Å². The molecule has 3 N–H and O–H groups in total. The van der Waals surface area contributed by atoms with E-state index in [1.165, 1.54) is 6.92 Å². The van der Waals surface area contributed by atoms with E-state index in [9.17, 15) is 9.59 Å². The predicted molar refractivity (Wildman–Crippen MR) is 52.8 cm³/mol. The Hall–Kier alpha value is -0.390. The van der Waals surface area contributed by atoms with Gasteiger partial charge in [0.25, 0.3) is 0 Å². The fraction of sp³-hybridized carbons (Fsp3) is 0.750. The third-order valence-electron chi connectivity index (χ3n) is 1.79. The average Bonchev–Trinajstić information content (AvgIpc) is 2.15. The molecule has 15 heavy (non-hydrogen) atoms. The third kappa shape index (κ3) is 7.53. The summed E-state index contributed by atoms with van der Waals surface area (Å²) >= 11 is 0. The number of ketones is 2. The molecule has 0 radical (unpaired) electrons. The largest absolute Gasteiger partial charge is 0.396 e. The summed E-state index contributed by atoms with van der Waals surface area (Å²) in [4.78, 5) is 38.8. The Balaban J connectivity index is 3.93. The van der Waals surface area contributed by atoms with Gasteiger partial charge in [0.1, 0.15) is 11.6 Å². The van der Waals surface area contributed by atoms with Crippen LogP contribution in [-0.2, 0) is 14.1 Å². The molecule has 0 aromatic heterocycles. The minimum absolute atomic E-state index is 0.0404. The van der Waals surface area contributed by atoms with Crippen molar-refractivity contribution in [3.05, 3.63) is 0 Å². The summed E-state index contributed by atoms with van der Waals surface area (Å²) in [5, 5.41) is 8.83. The van der Waals surface area contributed by atoms with Crippen LogP contribution < -0.4 is 0 Å². The topological polar surface area (TPSA) is 104 Å². The monoisotopic (exact) mass is 238 g/mol. The van der Waals surface area contributed by atoms with E-state index in [1.807, 2.05) is 0 Å². The molecule has 0 aromatic rings. The van der Waals surface area contributed by atoms with E-state index in [4.69, 9.17) is 14.9 Å². The van der Waals surface area contributed by atoms with Crippen LogP contribution >= 0.6 is 8.60 Å². The van der Waals surface area contributed by atoms with Crippen LogP contribution in [0.25, 0.3) is 0 Å². The van der Waals surface area contributed by atoms with Crippen LogP contribution in [0.5, 0.6) is 0 Å². The van der Waals surface area contributed by atoms with Gasteiger partial charge in [0.05, 0.1) is 19.1 Å². The fourth-order valence-electron chi connectivity index (χ4n) is 0.907. The van der Waals surface area contributed by atoms with Gasteiger partial charge >= 0.3 is 8.60 Å². The van der Waals surface area contributed by atoms with Crippen LogP contribution in [0.1, 0.15) is 19.8 Å². The zero-order valence-corrected chi connectivity index (χ0v) is 9.31. The Morgan fingerprint density at radius 1 is 1.33 bits per heavy atom. The molecular weight excluding hydrogens is 223 g/mol. The highest BCUT2D eigenvalue weighted by molar-refractivity contribution is 7.39. The van der Waals surface area contributed by atoms with E-state index in [1.54, 1.807) is 0 Å². The molecule has 0 aromatic carbocycles. The number of rotatable bonds is 8. The molecule has 7 heteroatoms. The van der Waals surface area contributed by atoms with Gasteiger partial charge < -0.3 is 24.2 Å². The van der Waals surface area contributed by atoms with E-state index in [-0.39, 0.29) is 31.0 Å². The number of aliphatic hydroxyl groups is 1. The summed E-state index contributed by atoms with van der Waals surface area (Å²) in [6.45, 7) is 0.699. The quantitative estimate of drug-likeness (QED) is 0.504. The SMILES string of the molecule is CC(=O)CCC(=O)C(CO)COP(O)O. The van der Waals surface area contributed by atoms with Crippen LogP contribution in [0.3, 0.4) is 0 Å². The lowest BCUT2D eigenvalue weighted by Crippen LogP contribution is -2.23. The molecule has 0 spiro atoms. The maximum Gasteiger partial charge on any atom is 0.327 e. The van der Waals surface area contributed by atoms with Crippen molar-refractivity contribution in [3.8, 4) is 0 Å². The number of carbonyl (C=O) groups is 2. The van der Waals surface area contributed by atoms with Crippen LogP contribution in [0.15, 0.2) is 0 Å². The molecule has 1 unspecified atom stereocenters. The first-order valence-corrected chi connectivity index (χ1v) is 5.57. The van der Waals surface area contributed by atoms with E-state index >= 15 is 0 Å². The van der Waals surface area contributed by atoms with Gasteiger partial charge in [0, 0.05) is 12.8 Å². The van der Waals surface area contributed by atoms with Crippen LogP contribution in [0, 0.1) is 5.92 Å². The van der Waals surface area contributed by atoms with Gasteiger partial charge in [0.15, 0.2) is 0 Å². The van der Waals surface area contributed by atoms with Crippen molar-refractivity contribution in [2.24, 2.45) is 5.92 Å². The van der Waals surface area contributed by atoms with Crippen molar-refractivity contribution in [1.29, 1.82) is 0 Å². The van der Waals surface area contributed by atoms with Crippen molar-refractivity contribution in [2.75, 3.05) is 13.2 Å². The minimum Gasteiger partial charge on any atom is -0.396 e. The number of Topliss-reactive ketones (excluding diaryl/α,β-unsaturated/α-hetero) is 2. The molecule has 0 aliphatic rings. The first kappa shape index (κ1) is 14.6. The Bertz CT molecular complexity index is 217. The second kappa shape index (κ2) is 7.84. The summed E-state index contributed by atoms with van der Waals surface area (Å²) in [5.74, 6) is -1.22. The number of hydrogen-bond acceptors (Lipinski definition) is 6. The van der Waals surface area contributed by atoms with Gasteiger partial charge in [0.2, 0.25) is 0 Å². The van der Waals surface area contributed by atoms with Crippen molar-refractivity contribution < 1.29 is 29.0 Å². The molecule has 6 nitrogen and oxygen atoms in total. The summed E-state index contributed by atoms with van der Waals surface area (Å²) in [5.41, 5.74) is 0. The molecule has 0 bridgehead atoms. The smallest absolute Gasteiger partial charge is 0.327 e. The first-order valence-electron chi connectivity index (χ1n) is 4.41. The Morgan fingerprint density at radius 3 is 2.33 bits per heavy atom. The molecule has 88 valence electrons. The van der Waals surface area contributed by atoms with Crippen LogP contribution in [-0.4, -0.2) is 39.7 Å². The molecule has 1 atom stereocenters. The van der Waals surface area contributed by atoms with Gasteiger partial charge in [-0.3, -0.25) is 4.79 Å². The molecule has 0 saturated carbocycles. The van der Waals surface area contributed by atoms with Gasteiger partial charge in [-0.05, 0) is 6.92 Å². The number of aliphatic hydroxyl groups excluding tert-OH is 1. The lowest BCUT2D eigenvalue weighted by molar-refractivity contribution is -0.127. The Labute approximate surface area is 88.9 Å². The van der Waals surface area contributed by atoms with Crippen molar-refractivity contribution in [1.82, 2.24) is 0 Å². The van der Waals surface area contributed by atoms with Crippen LogP contribution in [0.2, 0.25) is 0 Å². The molecule has 0 aliphatic heterocycles. The normalized spacial score (nSPS) is 12.9. The maximum absolute atomic E-state index is 11.3. The summed E-state index contributed by atoms with van der Waals surface area (Å²) in [6, 6.07) is 0. The highest BCUT2D eigenvalue weighted by atomic mass is 31.2. The van der Waals surface area contributed by atoms with Crippen molar-refractivity contribution in [2.45, 2.75) is 19.8 Å². The molecular formula is C8H15O6P. The molecule has 0 rings (SSSR count). The third-order valence-corrected chi connectivity index (χ3v) is 2.17. The second-order valence-corrected chi connectivity index (χ2v) is 3.86. The summed E-state index contributed by atoms with van der Waals surface area (Å²) in [6.07, 6.45) is 0.168. The highest BCUT2D eigenvalue weighted by Gasteiger charge is 2.19. The Kier molecular flexibility index (Phi) is 7.64. The molecule has 0 heterocycles. The summed E-state index contributed by atoms with van der Waals surface area (Å²) < 4.78 is 4.43. The first-order chi connectivity index (χ1) is 6.97.